The Balaban J connectivity index is 2.42. The molecule has 1 aromatic carbocycles. The molecule has 0 radical (unpaired) electrons. The van der Waals surface area contributed by atoms with Crippen molar-refractivity contribution in [2.75, 3.05) is 22.6 Å². The number of carbonyl (C=O) groups is 1. The first-order chi connectivity index (χ1) is 8.52. The van der Waals surface area contributed by atoms with E-state index in [0.29, 0.717) is 28.1 Å². The third kappa shape index (κ3) is 5.19. The number of thioether (sulfide) groups is 1. The lowest BCUT2D eigenvalue weighted by molar-refractivity contribution is -0.113. The van der Waals surface area contributed by atoms with Crippen LogP contribution in [0.2, 0.25) is 5.02 Å². The van der Waals surface area contributed by atoms with Crippen LogP contribution in [-0.2, 0) is 4.79 Å². The third-order valence-electron chi connectivity index (χ3n) is 2.62. The molecule has 1 aromatic rings. The Morgan fingerprint density at radius 3 is 2.94 bits per heavy atom. The number of benzene rings is 1. The van der Waals surface area contributed by atoms with Gasteiger partial charge in [0.15, 0.2) is 0 Å². The third-order valence-corrected chi connectivity index (χ3v) is 4.13. The smallest absolute Gasteiger partial charge is 0.234 e. The van der Waals surface area contributed by atoms with Gasteiger partial charge in [-0.3, -0.25) is 4.79 Å². The van der Waals surface area contributed by atoms with Gasteiger partial charge in [-0.05, 0) is 29.9 Å². The van der Waals surface area contributed by atoms with Crippen LogP contribution in [0.25, 0.3) is 0 Å². The lowest BCUT2D eigenvalue weighted by Gasteiger charge is -2.10. The van der Waals surface area contributed by atoms with Crippen LogP contribution in [0.15, 0.2) is 18.2 Å². The van der Waals surface area contributed by atoms with Crippen molar-refractivity contribution in [1.29, 1.82) is 0 Å². The summed E-state index contributed by atoms with van der Waals surface area (Å²) in [4.78, 5) is 11.7. The second kappa shape index (κ2) is 7.54. The fourth-order valence-corrected chi connectivity index (χ4v) is 2.48. The molecule has 0 spiro atoms. The van der Waals surface area contributed by atoms with Gasteiger partial charge in [0.25, 0.3) is 0 Å². The van der Waals surface area contributed by atoms with E-state index in [9.17, 15) is 4.79 Å². The van der Waals surface area contributed by atoms with Crippen molar-refractivity contribution in [3.05, 3.63) is 23.2 Å². The van der Waals surface area contributed by atoms with Gasteiger partial charge in [0.2, 0.25) is 5.91 Å². The molecule has 0 heterocycles. The number of hydrogen-bond acceptors (Lipinski definition) is 3. The highest BCUT2D eigenvalue weighted by Gasteiger charge is 2.07. The van der Waals surface area contributed by atoms with Crippen LogP contribution in [0.3, 0.4) is 0 Å². The summed E-state index contributed by atoms with van der Waals surface area (Å²) in [6, 6.07) is 5.04. The molecule has 3 nitrogen and oxygen atoms in total. The normalized spacial score (nSPS) is 12.2. The van der Waals surface area contributed by atoms with E-state index < -0.39 is 0 Å². The fourth-order valence-electron chi connectivity index (χ4n) is 1.29. The van der Waals surface area contributed by atoms with E-state index in [1.807, 2.05) is 0 Å². The molecule has 1 amide bonds. The zero-order chi connectivity index (χ0) is 13.5. The zero-order valence-corrected chi connectivity index (χ0v) is 12.3. The van der Waals surface area contributed by atoms with Crippen LogP contribution in [0.4, 0.5) is 11.4 Å². The molecule has 5 heteroatoms. The molecule has 0 aliphatic heterocycles. The van der Waals surface area contributed by atoms with Crippen molar-refractivity contribution in [3.8, 4) is 0 Å². The quantitative estimate of drug-likeness (QED) is 0.785. The highest BCUT2D eigenvalue weighted by Crippen LogP contribution is 2.23. The van der Waals surface area contributed by atoms with E-state index in [1.54, 1.807) is 30.0 Å². The summed E-state index contributed by atoms with van der Waals surface area (Å²) in [5, 5.41) is 3.34. The minimum atomic E-state index is -0.0442. The van der Waals surface area contributed by atoms with Gasteiger partial charge in [-0.1, -0.05) is 31.9 Å². The highest BCUT2D eigenvalue weighted by molar-refractivity contribution is 7.99. The SMILES string of the molecule is CCC(C)CSCC(=O)Nc1cc(Cl)ccc1N. The number of anilines is 2. The second-order valence-electron chi connectivity index (χ2n) is 4.31. The van der Waals surface area contributed by atoms with Gasteiger partial charge in [-0.25, -0.2) is 0 Å². The van der Waals surface area contributed by atoms with Gasteiger partial charge in [-0.15, -0.1) is 0 Å². The van der Waals surface area contributed by atoms with Gasteiger partial charge < -0.3 is 11.1 Å². The summed E-state index contributed by atoms with van der Waals surface area (Å²) < 4.78 is 0. The first-order valence-corrected chi connectivity index (χ1v) is 7.48. The van der Waals surface area contributed by atoms with Gasteiger partial charge in [0.1, 0.15) is 0 Å². The van der Waals surface area contributed by atoms with Crippen molar-refractivity contribution in [2.24, 2.45) is 5.92 Å². The molecule has 1 rings (SSSR count). The lowest BCUT2D eigenvalue weighted by Crippen LogP contribution is -2.16. The molecule has 3 N–H and O–H groups in total. The van der Waals surface area contributed by atoms with Gasteiger partial charge >= 0.3 is 0 Å². The summed E-state index contributed by atoms with van der Waals surface area (Å²) in [5.74, 6) is 2.03. The molecule has 1 atom stereocenters. The van der Waals surface area contributed by atoms with Crippen molar-refractivity contribution in [3.63, 3.8) is 0 Å². The number of nitrogen functional groups attached to an aromatic ring is 1. The molecule has 0 bridgehead atoms. The largest absolute Gasteiger partial charge is 0.397 e. The predicted octanol–water partition coefficient (Wildman–Crippen LogP) is 3.64. The lowest BCUT2D eigenvalue weighted by atomic mass is 10.2. The van der Waals surface area contributed by atoms with Crippen LogP contribution in [0, 0.1) is 5.92 Å². The maximum absolute atomic E-state index is 11.7. The van der Waals surface area contributed by atoms with E-state index in [2.05, 4.69) is 19.2 Å². The summed E-state index contributed by atoms with van der Waals surface area (Å²) in [6.45, 7) is 4.33. The fraction of sp³-hybridized carbons (Fsp3) is 0.462. The molecular weight excluding hydrogens is 268 g/mol. The average molecular weight is 287 g/mol. The van der Waals surface area contributed by atoms with Crippen LogP contribution in [-0.4, -0.2) is 17.4 Å². The number of nitrogens with one attached hydrogen (secondary N) is 1. The first kappa shape index (κ1) is 15.2. The zero-order valence-electron chi connectivity index (χ0n) is 10.7. The van der Waals surface area contributed by atoms with E-state index >= 15 is 0 Å². The number of hydrogen-bond donors (Lipinski definition) is 2. The van der Waals surface area contributed by atoms with Crippen LogP contribution < -0.4 is 11.1 Å². The number of rotatable bonds is 6. The van der Waals surface area contributed by atoms with Crippen LogP contribution >= 0.6 is 23.4 Å². The summed E-state index contributed by atoms with van der Waals surface area (Å²) in [6.07, 6.45) is 1.13. The Morgan fingerprint density at radius 1 is 1.56 bits per heavy atom. The monoisotopic (exact) mass is 286 g/mol. The number of carbonyl (C=O) groups excluding carboxylic acids is 1. The number of amides is 1. The Morgan fingerprint density at radius 2 is 2.28 bits per heavy atom. The van der Waals surface area contributed by atoms with Crippen LogP contribution in [0.1, 0.15) is 20.3 Å². The molecule has 100 valence electrons. The van der Waals surface area contributed by atoms with Crippen molar-refractivity contribution >= 4 is 40.6 Å². The molecule has 1 unspecified atom stereocenters. The molecule has 0 saturated carbocycles. The Hall–Kier alpha value is -0.870. The van der Waals surface area contributed by atoms with E-state index in [4.69, 9.17) is 17.3 Å². The average Bonchev–Trinajstić information content (AvgIpc) is 2.33. The molecular formula is C13H19ClN2OS. The number of nitrogens with two attached hydrogens (primary N) is 1. The summed E-state index contributed by atoms with van der Waals surface area (Å²) >= 11 is 7.49. The Bertz CT molecular complexity index is 412. The molecule has 0 aliphatic carbocycles. The molecule has 0 fully saturated rings. The standard InChI is InChI=1S/C13H19ClN2OS/c1-3-9(2)7-18-8-13(17)16-12-6-10(14)4-5-11(12)15/h4-6,9H,3,7-8,15H2,1-2H3,(H,16,17). The van der Waals surface area contributed by atoms with E-state index in [-0.39, 0.29) is 5.91 Å². The van der Waals surface area contributed by atoms with Gasteiger partial charge in [0.05, 0.1) is 17.1 Å². The topological polar surface area (TPSA) is 55.1 Å². The minimum Gasteiger partial charge on any atom is -0.397 e. The van der Waals surface area contributed by atoms with Crippen molar-refractivity contribution in [1.82, 2.24) is 0 Å². The molecule has 18 heavy (non-hydrogen) atoms. The number of halogens is 1. The van der Waals surface area contributed by atoms with Crippen LogP contribution in [0.5, 0.6) is 0 Å². The van der Waals surface area contributed by atoms with E-state index in [0.717, 1.165) is 12.2 Å². The van der Waals surface area contributed by atoms with Gasteiger partial charge in [0, 0.05) is 5.02 Å². The van der Waals surface area contributed by atoms with Crippen molar-refractivity contribution < 1.29 is 4.79 Å². The minimum absolute atomic E-state index is 0.0442. The predicted molar refractivity (Wildman–Crippen MR) is 81.3 cm³/mol. The highest BCUT2D eigenvalue weighted by atomic mass is 35.5. The first-order valence-electron chi connectivity index (χ1n) is 5.95. The maximum atomic E-state index is 11.7. The second-order valence-corrected chi connectivity index (χ2v) is 5.77. The van der Waals surface area contributed by atoms with Crippen molar-refractivity contribution in [2.45, 2.75) is 20.3 Å². The maximum Gasteiger partial charge on any atom is 0.234 e. The Labute approximate surface area is 117 Å². The molecule has 0 aromatic heterocycles. The summed E-state index contributed by atoms with van der Waals surface area (Å²) in [5.41, 5.74) is 6.86. The van der Waals surface area contributed by atoms with Gasteiger partial charge in [-0.2, -0.15) is 11.8 Å². The van der Waals surface area contributed by atoms with E-state index in [1.165, 1.54) is 0 Å². The Kier molecular flexibility index (Phi) is 6.36. The summed E-state index contributed by atoms with van der Waals surface area (Å²) in [7, 11) is 0. The molecule has 0 saturated heterocycles. The molecule has 0 aliphatic rings.